The molecule has 2 amide bonds. The van der Waals surface area contributed by atoms with Gasteiger partial charge in [0.1, 0.15) is 0 Å². The van der Waals surface area contributed by atoms with E-state index in [9.17, 15) is 9.59 Å². The average Bonchev–Trinajstić information content (AvgIpc) is 2.99. The molecule has 19 heavy (non-hydrogen) atoms. The number of benzene rings is 1. The Kier molecular flexibility index (Phi) is 2.77. The molecule has 6 heteroatoms. The van der Waals surface area contributed by atoms with E-state index in [2.05, 4.69) is 0 Å². The van der Waals surface area contributed by atoms with Crippen LogP contribution in [0, 0.1) is 0 Å². The number of Topliss-reactive ketones (excluding diaryl/α,β-unsaturated/α-hetero) is 1. The van der Waals surface area contributed by atoms with Gasteiger partial charge in [-0.25, -0.2) is 4.79 Å². The van der Waals surface area contributed by atoms with Crippen LogP contribution in [0.1, 0.15) is 10.4 Å². The summed E-state index contributed by atoms with van der Waals surface area (Å²) in [4.78, 5) is 27.0. The largest absolute Gasteiger partial charge is 0.454 e. The van der Waals surface area contributed by atoms with Gasteiger partial charge in [-0.1, -0.05) is 0 Å². The molecule has 0 saturated carbocycles. The summed E-state index contributed by atoms with van der Waals surface area (Å²) in [6, 6.07) is 4.97. The third-order valence-corrected chi connectivity index (χ3v) is 3.33. The third-order valence-electron chi connectivity index (χ3n) is 3.33. The van der Waals surface area contributed by atoms with Gasteiger partial charge in [-0.05, 0) is 18.2 Å². The molecular formula is C13H14N2O4. The van der Waals surface area contributed by atoms with Crippen LogP contribution in [0.2, 0.25) is 0 Å². The quantitative estimate of drug-likeness (QED) is 0.761. The standard InChI is InChI=1S/C13H14N2O4/c1-14-4-5-15(13(14)17)7-10(16)9-2-3-11-12(6-9)19-8-18-11/h2-3,6H,4-5,7-8H2,1H3. The number of carbonyl (C=O) groups excluding carboxylic acids is 2. The number of ketones is 1. The van der Waals surface area contributed by atoms with Crippen molar-refractivity contribution in [3.8, 4) is 11.5 Å². The van der Waals surface area contributed by atoms with Crippen molar-refractivity contribution in [1.82, 2.24) is 9.80 Å². The van der Waals surface area contributed by atoms with Crippen molar-refractivity contribution in [2.75, 3.05) is 33.5 Å². The van der Waals surface area contributed by atoms with E-state index in [1.165, 1.54) is 0 Å². The Morgan fingerprint density at radius 2 is 2.05 bits per heavy atom. The highest BCUT2D eigenvalue weighted by Gasteiger charge is 2.27. The van der Waals surface area contributed by atoms with E-state index in [4.69, 9.17) is 9.47 Å². The first kappa shape index (κ1) is 11.8. The monoisotopic (exact) mass is 262 g/mol. The van der Waals surface area contributed by atoms with E-state index in [0.717, 1.165) is 0 Å². The number of hydrogen-bond acceptors (Lipinski definition) is 4. The fraction of sp³-hybridized carbons (Fsp3) is 0.385. The van der Waals surface area contributed by atoms with Crippen molar-refractivity contribution in [2.45, 2.75) is 0 Å². The van der Waals surface area contributed by atoms with Gasteiger partial charge in [0, 0.05) is 25.7 Å². The number of likely N-dealkylation sites (N-methyl/N-ethyl adjacent to an activating group) is 1. The summed E-state index contributed by atoms with van der Waals surface area (Å²) >= 11 is 0. The molecule has 0 aliphatic carbocycles. The second kappa shape index (κ2) is 4.46. The average molecular weight is 262 g/mol. The fourth-order valence-electron chi connectivity index (χ4n) is 2.18. The summed E-state index contributed by atoms with van der Waals surface area (Å²) in [5.74, 6) is 1.13. The number of amides is 2. The molecule has 2 aliphatic rings. The van der Waals surface area contributed by atoms with Crippen LogP contribution in [0.15, 0.2) is 18.2 Å². The molecule has 1 aromatic carbocycles. The van der Waals surface area contributed by atoms with Gasteiger partial charge >= 0.3 is 6.03 Å². The summed E-state index contributed by atoms with van der Waals surface area (Å²) in [5, 5.41) is 0. The molecule has 0 atom stereocenters. The molecular weight excluding hydrogens is 248 g/mol. The van der Waals surface area contributed by atoms with Crippen LogP contribution in [0.25, 0.3) is 0 Å². The van der Waals surface area contributed by atoms with E-state index >= 15 is 0 Å². The highest BCUT2D eigenvalue weighted by atomic mass is 16.7. The first-order valence-electron chi connectivity index (χ1n) is 6.08. The molecule has 1 aromatic rings. The van der Waals surface area contributed by atoms with Gasteiger partial charge in [0.15, 0.2) is 17.3 Å². The molecule has 1 saturated heterocycles. The minimum Gasteiger partial charge on any atom is -0.454 e. The lowest BCUT2D eigenvalue weighted by Gasteiger charge is -2.14. The van der Waals surface area contributed by atoms with Crippen LogP contribution in [-0.2, 0) is 0 Å². The number of carbonyl (C=O) groups is 2. The summed E-state index contributed by atoms with van der Waals surface area (Å²) in [5.41, 5.74) is 0.534. The van der Waals surface area contributed by atoms with Crippen molar-refractivity contribution in [1.29, 1.82) is 0 Å². The van der Waals surface area contributed by atoms with E-state index in [1.807, 2.05) is 0 Å². The van der Waals surface area contributed by atoms with E-state index in [1.54, 1.807) is 35.0 Å². The van der Waals surface area contributed by atoms with Crippen LogP contribution in [0.3, 0.4) is 0 Å². The predicted octanol–water partition coefficient (Wildman–Crippen LogP) is 0.965. The smallest absolute Gasteiger partial charge is 0.320 e. The number of urea groups is 1. The minimum atomic E-state index is -0.103. The zero-order chi connectivity index (χ0) is 13.4. The molecule has 0 aromatic heterocycles. The maximum absolute atomic E-state index is 12.1. The Bertz CT molecular complexity index is 543. The summed E-state index contributed by atoms with van der Waals surface area (Å²) in [6.07, 6.45) is 0. The molecule has 0 spiro atoms. The molecule has 0 N–H and O–H groups in total. The van der Waals surface area contributed by atoms with Gasteiger partial charge in [0.2, 0.25) is 6.79 Å². The lowest BCUT2D eigenvalue weighted by atomic mass is 10.1. The third kappa shape index (κ3) is 2.09. The number of fused-ring (bicyclic) bond motifs is 1. The van der Waals surface area contributed by atoms with Crippen LogP contribution < -0.4 is 9.47 Å². The normalized spacial score (nSPS) is 17.2. The van der Waals surface area contributed by atoms with Gasteiger partial charge in [-0.15, -0.1) is 0 Å². The Morgan fingerprint density at radius 3 is 2.79 bits per heavy atom. The lowest BCUT2D eigenvalue weighted by molar-refractivity contribution is 0.0951. The van der Waals surface area contributed by atoms with E-state index in [-0.39, 0.29) is 25.2 Å². The highest BCUT2D eigenvalue weighted by molar-refractivity contribution is 6.00. The second-order valence-electron chi connectivity index (χ2n) is 4.62. The molecule has 2 aliphatic heterocycles. The maximum Gasteiger partial charge on any atom is 0.320 e. The molecule has 0 bridgehead atoms. The second-order valence-corrected chi connectivity index (χ2v) is 4.62. The van der Waals surface area contributed by atoms with Crippen molar-refractivity contribution < 1.29 is 19.1 Å². The molecule has 100 valence electrons. The van der Waals surface area contributed by atoms with Crippen molar-refractivity contribution in [3.05, 3.63) is 23.8 Å². The minimum absolute atomic E-state index is 0.0954. The van der Waals surface area contributed by atoms with Crippen LogP contribution in [0.5, 0.6) is 11.5 Å². The van der Waals surface area contributed by atoms with Gasteiger partial charge in [-0.2, -0.15) is 0 Å². The summed E-state index contributed by atoms with van der Waals surface area (Å²) in [6.45, 7) is 1.53. The van der Waals surface area contributed by atoms with Crippen molar-refractivity contribution in [2.24, 2.45) is 0 Å². The first-order chi connectivity index (χ1) is 9.15. The zero-order valence-electron chi connectivity index (χ0n) is 10.6. The Hall–Kier alpha value is -2.24. The topological polar surface area (TPSA) is 59.1 Å². The molecule has 6 nitrogen and oxygen atoms in total. The fourth-order valence-corrected chi connectivity index (χ4v) is 2.18. The number of nitrogens with zero attached hydrogens (tertiary/aromatic N) is 2. The zero-order valence-corrected chi connectivity index (χ0v) is 10.6. The summed E-state index contributed by atoms with van der Waals surface area (Å²) in [7, 11) is 1.73. The Balaban J connectivity index is 1.72. The molecule has 3 rings (SSSR count). The van der Waals surface area contributed by atoms with Crippen molar-refractivity contribution >= 4 is 11.8 Å². The van der Waals surface area contributed by atoms with E-state index in [0.29, 0.717) is 30.2 Å². The van der Waals surface area contributed by atoms with Gasteiger partial charge in [-0.3, -0.25) is 4.79 Å². The lowest BCUT2D eigenvalue weighted by Crippen LogP contribution is -2.33. The van der Waals surface area contributed by atoms with Crippen molar-refractivity contribution in [3.63, 3.8) is 0 Å². The van der Waals surface area contributed by atoms with Gasteiger partial charge < -0.3 is 19.3 Å². The van der Waals surface area contributed by atoms with Crippen LogP contribution in [-0.4, -0.2) is 55.1 Å². The number of rotatable bonds is 3. The first-order valence-corrected chi connectivity index (χ1v) is 6.08. The number of ether oxygens (including phenoxy) is 2. The molecule has 0 unspecified atom stereocenters. The highest BCUT2D eigenvalue weighted by Crippen LogP contribution is 2.32. The molecule has 0 radical (unpaired) electrons. The van der Waals surface area contributed by atoms with Crippen LogP contribution in [0.4, 0.5) is 4.79 Å². The SMILES string of the molecule is CN1CCN(CC(=O)c2ccc3c(c2)OCO3)C1=O. The predicted molar refractivity (Wildman–Crippen MR) is 66.5 cm³/mol. The Labute approximate surface area is 110 Å². The molecule has 2 heterocycles. The summed E-state index contributed by atoms with van der Waals surface area (Å²) < 4.78 is 10.4. The van der Waals surface area contributed by atoms with E-state index < -0.39 is 0 Å². The Morgan fingerprint density at radius 1 is 1.26 bits per heavy atom. The molecule has 1 fully saturated rings. The number of hydrogen-bond donors (Lipinski definition) is 0. The maximum atomic E-state index is 12.1. The van der Waals surface area contributed by atoms with Crippen LogP contribution >= 0.6 is 0 Å². The van der Waals surface area contributed by atoms with Gasteiger partial charge in [0.05, 0.1) is 6.54 Å². The van der Waals surface area contributed by atoms with Gasteiger partial charge in [0.25, 0.3) is 0 Å².